The molecular formula is C11H13NO. The van der Waals surface area contributed by atoms with Gasteiger partial charge in [-0.2, -0.15) is 0 Å². The normalized spacial score (nSPS) is 10.6. The molecular weight excluding hydrogens is 162 g/mol. The smallest absolute Gasteiger partial charge is 0.164 e. The topological polar surface area (TPSA) is 29.4 Å². The molecule has 0 saturated heterocycles. The Hall–Kier alpha value is -1.44. The second kappa shape index (κ2) is 4.55. The van der Waals surface area contributed by atoms with Crippen LogP contribution in [0.2, 0.25) is 0 Å². The number of benzene rings is 1. The predicted octanol–water partition coefficient (Wildman–Crippen LogP) is 3.00. The summed E-state index contributed by atoms with van der Waals surface area (Å²) in [5.41, 5.74) is 1.47. The van der Waals surface area contributed by atoms with Gasteiger partial charge in [-0.3, -0.25) is 9.79 Å². The van der Waals surface area contributed by atoms with Gasteiger partial charge in [0.15, 0.2) is 5.78 Å². The van der Waals surface area contributed by atoms with Crippen LogP contribution in [-0.2, 0) is 0 Å². The van der Waals surface area contributed by atoms with E-state index in [0.29, 0.717) is 12.0 Å². The van der Waals surface area contributed by atoms with Crippen LogP contribution in [0.25, 0.3) is 0 Å². The lowest BCUT2D eigenvalue weighted by Crippen LogP contribution is -1.96. The first-order valence-electron chi connectivity index (χ1n) is 4.40. The van der Waals surface area contributed by atoms with E-state index in [9.17, 15) is 4.79 Å². The molecule has 0 aliphatic rings. The zero-order valence-electron chi connectivity index (χ0n) is 7.95. The molecule has 1 aromatic carbocycles. The van der Waals surface area contributed by atoms with Crippen LogP contribution in [0.1, 0.15) is 30.6 Å². The minimum absolute atomic E-state index is 0.140. The Morgan fingerprint density at radius 1 is 1.46 bits per heavy atom. The van der Waals surface area contributed by atoms with Crippen molar-refractivity contribution in [3.05, 3.63) is 29.8 Å². The van der Waals surface area contributed by atoms with E-state index >= 15 is 0 Å². The molecule has 0 radical (unpaired) electrons. The van der Waals surface area contributed by atoms with Crippen molar-refractivity contribution in [3.63, 3.8) is 0 Å². The third-order valence-corrected chi connectivity index (χ3v) is 1.79. The molecule has 0 saturated carbocycles. The third-order valence-electron chi connectivity index (χ3n) is 1.79. The molecule has 0 heterocycles. The number of para-hydroxylation sites is 1. The fourth-order valence-electron chi connectivity index (χ4n) is 1.15. The van der Waals surface area contributed by atoms with Gasteiger partial charge in [0.1, 0.15) is 0 Å². The van der Waals surface area contributed by atoms with Crippen molar-refractivity contribution in [1.29, 1.82) is 0 Å². The van der Waals surface area contributed by atoms with Crippen LogP contribution in [0.3, 0.4) is 0 Å². The van der Waals surface area contributed by atoms with Gasteiger partial charge in [-0.05, 0) is 19.1 Å². The van der Waals surface area contributed by atoms with Crippen molar-refractivity contribution in [2.45, 2.75) is 20.3 Å². The van der Waals surface area contributed by atoms with Crippen LogP contribution in [0.15, 0.2) is 29.3 Å². The molecule has 0 aliphatic carbocycles. The van der Waals surface area contributed by atoms with Gasteiger partial charge in [-0.25, -0.2) is 0 Å². The van der Waals surface area contributed by atoms with E-state index in [1.807, 2.05) is 38.1 Å². The van der Waals surface area contributed by atoms with Crippen molar-refractivity contribution in [2.24, 2.45) is 4.99 Å². The molecule has 0 fully saturated rings. The van der Waals surface area contributed by atoms with Crippen molar-refractivity contribution >= 4 is 17.7 Å². The van der Waals surface area contributed by atoms with E-state index in [2.05, 4.69) is 4.99 Å². The Bertz CT molecular complexity index is 329. The highest BCUT2D eigenvalue weighted by Crippen LogP contribution is 2.19. The SMILES string of the molecule is C/C=N\c1ccccc1C(=O)CC. The second-order valence-electron chi connectivity index (χ2n) is 2.68. The molecule has 0 atom stereocenters. The predicted molar refractivity (Wildman–Crippen MR) is 54.9 cm³/mol. The summed E-state index contributed by atoms with van der Waals surface area (Å²) < 4.78 is 0. The number of ketones is 1. The van der Waals surface area contributed by atoms with Crippen LogP contribution in [-0.4, -0.2) is 12.0 Å². The minimum atomic E-state index is 0.140. The maximum Gasteiger partial charge on any atom is 0.164 e. The quantitative estimate of drug-likeness (QED) is 0.513. The van der Waals surface area contributed by atoms with Crippen molar-refractivity contribution < 1.29 is 4.79 Å². The number of Topliss-reactive ketones (excluding diaryl/α,β-unsaturated/α-hetero) is 1. The largest absolute Gasteiger partial charge is 0.294 e. The van der Waals surface area contributed by atoms with Crippen LogP contribution < -0.4 is 0 Å². The van der Waals surface area contributed by atoms with Gasteiger partial charge in [-0.15, -0.1) is 0 Å². The van der Waals surface area contributed by atoms with E-state index in [1.54, 1.807) is 6.21 Å². The van der Waals surface area contributed by atoms with E-state index in [1.165, 1.54) is 0 Å². The molecule has 2 nitrogen and oxygen atoms in total. The van der Waals surface area contributed by atoms with Crippen LogP contribution in [0, 0.1) is 0 Å². The van der Waals surface area contributed by atoms with Gasteiger partial charge in [0, 0.05) is 18.2 Å². The molecule has 0 aliphatic heterocycles. The first kappa shape index (κ1) is 9.65. The van der Waals surface area contributed by atoms with E-state index in [0.717, 1.165) is 5.69 Å². The number of hydrogen-bond donors (Lipinski definition) is 0. The van der Waals surface area contributed by atoms with Crippen LogP contribution >= 0.6 is 0 Å². The van der Waals surface area contributed by atoms with Gasteiger partial charge in [0.05, 0.1) is 5.69 Å². The molecule has 13 heavy (non-hydrogen) atoms. The summed E-state index contributed by atoms with van der Waals surface area (Å²) in [4.78, 5) is 15.6. The summed E-state index contributed by atoms with van der Waals surface area (Å²) in [6.07, 6.45) is 2.22. The highest BCUT2D eigenvalue weighted by Gasteiger charge is 2.06. The van der Waals surface area contributed by atoms with Gasteiger partial charge >= 0.3 is 0 Å². The van der Waals surface area contributed by atoms with Crippen molar-refractivity contribution in [3.8, 4) is 0 Å². The molecule has 68 valence electrons. The lowest BCUT2D eigenvalue weighted by Gasteiger charge is -2.01. The third kappa shape index (κ3) is 2.25. The van der Waals surface area contributed by atoms with Gasteiger partial charge in [0.2, 0.25) is 0 Å². The van der Waals surface area contributed by atoms with E-state index in [-0.39, 0.29) is 5.78 Å². The maximum absolute atomic E-state index is 11.4. The molecule has 0 bridgehead atoms. The first-order valence-corrected chi connectivity index (χ1v) is 4.40. The summed E-state index contributed by atoms with van der Waals surface area (Å²) in [6.45, 7) is 3.70. The average molecular weight is 175 g/mol. The van der Waals surface area contributed by atoms with Gasteiger partial charge in [0.25, 0.3) is 0 Å². The maximum atomic E-state index is 11.4. The number of carbonyl (C=O) groups is 1. The highest BCUT2D eigenvalue weighted by molar-refractivity contribution is 6.00. The Labute approximate surface area is 78.3 Å². The molecule has 0 N–H and O–H groups in total. The zero-order valence-corrected chi connectivity index (χ0v) is 7.95. The highest BCUT2D eigenvalue weighted by atomic mass is 16.1. The van der Waals surface area contributed by atoms with Gasteiger partial charge in [-0.1, -0.05) is 19.1 Å². The van der Waals surface area contributed by atoms with Crippen molar-refractivity contribution in [1.82, 2.24) is 0 Å². The second-order valence-corrected chi connectivity index (χ2v) is 2.68. The summed E-state index contributed by atoms with van der Waals surface area (Å²) in [5.74, 6) is 0.140. The number of aliphatic imine (C=N–C) groups is 1. The standard InChI is InChI=1S/C11H13NO/c1-3-11(13)9-7-5-6-8-10(9)12-4-2/h4-8H,3H2,1-2H3/b12-4-. The number of hydrogen-bond acceptors (Lipinski definition) is 2. The van der Waals surface area contributed by atoms with Gasteiger partial charge < -0.3 is 0 Å². The fourth-order valence-corrected chi connectivity index (χ4v) is 1.15. The molecule has 0 spiro atoms. The lowest BCUT2D eigenvalue weighted by molar-refractivity contribution is 0.0989. The molecule has 2 heteroatoms. The monoisotopic (exact) mass is 175 g/mol. The average Bonchev–Trinajstić information content (AvgIpc) is 2.18. The Balaban J connectivity index is 3.11. The van der Waals surface area contributed by atoms with Crippen molar-refractivity contribution in [2.75, 3.05) is 0 Å². The lowest BCUT2D eigenvalue weighted by atomic mass is 10.1. The summed E-state index contributed by atoms with van der Waals surface area (Å²) in [5, 5.41) is 0. The molecule has 1 rings (SSSR count). The van der Waals surface area contributed by atoms with E-state index in [4.69, 9.17) is 0 Å². The molecule has 1 aromatic rings. The fraction of sp³-hybridized carbons (Fsp3) is 0.273. The first-order chi connectivity index (χ1) is 6.29. The summed E-state index contributed by atoms with van der Waals surface area (Å²) in [7, 11) is 0. The molecule has 0 aromatic heterocycles. The number of nitrogens with zero attached hydrogens (tertiary/aromatic N) is 1. The summed E-state index contributed by atoms with van der Waals surface area (Å²) >= 11 is 0. The Kier molecular flexibility index (Phi) is 3.38. The van der Waals surface area contributed by atoms with E-state index < -0.39 is 0 Å². The Morgan fingerprint density at radius 2 is 2.15 bits per heavy atom. The van der Waals surface area contributed by atoms with Crippen LogP contribution in [0.4, 0.5) is 5.69 Å². The Morgan fingerprint density at radius 3 is 2.77 bits per heavy atom. The number of rotatable bonds is 3. The molecule has 0 unspecified atom stereocenters. The minimum Gasteiger partial charge on any atom is -0.294 e. The number of carbonyl (C=O) groups excluding carboxylic acids is 1. The molecule has 0 amide bonds. The van der Waals surface area contributed by atoms with Crippen LogP contribution in [0.5, 0.6) is 0 Å². The summed E-state index contributed by atoms with van der Waals surface area (Å²) in [6, 6.07) is 7.41. The zero-order chi connectivity index (χ0) is 9.68.